The first-order chi connectivity index (χ1) is 9.66. The van der Waals surface area contributed by atoms with Crippen LogP contribution < -0.4 is 0 Å². The average Bonchev–Trinajstić information content (AvgIpc) is 2.49. The van der Waals surface area contributed by atoms with E-state index in [1.165, 1.54) is 0 Å². The van der Waals surface area contributed by atoms with Gasteiger partial charge in [0.2, 0.25) is 0 Å². The predicted octanol–water partition coefficient (Wildman–Crippen LogP) is 4.08. The number of hydrogen-bond acceptors (Lipinski definition) is 2. The van der Waals surface area contributed by atoms with E-state index in [2.05, 4.69) is 4.98 Å². The van der Waals surface area contributed by atoms with Gasteiger partial charge in [-0.25, -0.2) is 0 Å². The van der Waals surface area contributed by atoms with Crippen molar-refractivity contribution in [3.05, 3.63) is 77.0 Å². The van der Waals surface area contributed by atoms with Gasteiger partial charge >= 0.3 is 0 Å². The molecular formula is C18H15NO. The highest BCUT2D eigenvalue weighted by Crippen LogP contribution is 2.20. The van der Waals surface area contributed by atoms with Gasteiger partial charge < -0.3 is 0 Å². The number of fused-ring (bicyclic) bond motifs is 1. The van der Waals surface area contributed by atoms with Gasteiger partial charge in [0.15, 0.2) is 5.78 Å². The van der Waals surface area contributed by atoms with Gasteiger partial charge in [0, 0.05) is 22.7 Å². The van der Waals surface area contributed by atoms with Gasteiger partial charge in [0.05, 0.1) is 5.52 Å². The van der Waals surface area contributed by atoms with E-state index in [4.69, 9.17) is 0 Å². The Morgan fingerprint density at radius 1 is 1.00 bits per heavy atom. The third-order valence-corrected chi connectivity index (χ3v) is 3.71. The van der Waals surface area contributed by atoms with Crippen molar-refractivity contribution in [1.82, 2.24) is 4.98 Å². The lowest BCUT2D eigenvalue weighted by Gasteiger charge is -2.08. The largest absolute Gasteiger partial charge is 0.289 e. The molecular weight excluding hydrogens is 246 g/mol. The zero-order valence-corrected chi connectivity index (χ0v) is 11.6. The highest BCUT2D eigenvalue weighted by atomic mass is 16.1. The summed E-state index contributed by atoms with van der Waals surface area (Å²) in [6, 6.07) is 15.4. The molecule has 20 heavy (non-hydrogen) atoms. The van der Waals surface area contributed by atoms with Gasteiger partial charge in [0.25, 0.3) is 0 Å². The van der Waals surface area contributed by atoms with Crippen LogP contribution in [0.3, 0.4) is 0 Å². The van der Waals surface area contributed by atoms with Gasteiger partial charge in [-0.2, -0.15) is 0 Å². The number of ketones is 1. The maximum atomic E-state index is 12.6. The minimum atomic E-state index is 0.0666. The average molecular weight is 261 g/mol. The summed E-state index contributed by atoms with van der Waals surface area (Å²) in [5.41, 5.74) is 4.57. The van der Waals surface area contributed by atoms with E-state index >= 15 is 0 Å². The summed E-state index contributed by atoms with van der Waals surface area (Å²) in [7, 11) is 0. The molecule has 0 atom stereocenters. The van der Waals surface area contributed by atoms with E-state index in [0.717, 1.165) is 27.6 Å². The molecule has 0 spiro atoms. The van der Waals surface area contributed by atoms with Crippen molar-refractivity contribution in [2.45, 2.75) is 13.8 Å². The second-order valence-electron chi connectivity index (χ2n) is 4.99. The van der Waals surface area contributed by atoms with Crippen LogP contribution >= 0.6 is 0 Å². The number of carbonyl (C=O) groups is 1. The van der Waals surface area contributed by atoms with Gasteiger partial charge in [-0.3, -0.25) is 9.78 Å². The van der Waals surface area contributed by atoms with Gasteiger partial charge in [-0.15, -0.1) is 0 Å². The van der Waals surface area contributed by atoms with Crippen LogP contribution in [-0.4, -0.2) is 10.8 Å². The van der Waals surface area contributed by atoms with Crippen molar-refractivity contribution < 1.29 is 4.79 Å². The number of nitrogens with zero attached hydrogens (tertiary/aromatic N) is 1. The maximum Gasteiger partial charge on any atom is 0.193 e. The molecule has 2 aromatic carbocycles. The van der Waals surface area contributed by atoms with E-state index in [1.54, 1.807) is 6.20 Å². The number of pyridine rings is 1. The molecule has 0 saturated carbocycles. The second kappa shape index (κ2) is 4.89. The molecule has 0 aliphatic rings. The van der Waals surface area contributed by atoms with Crippen LogP contribution in [0, 0.1) is 13.8 Å². The lowest BCUT2D eigenvalue weighted by molar-refractivity contribution is 0.103. The summed E-state index contributed by atoms with van der Waals surface area (Å²) in [5, 5.41) is 0.989. The summed E-state index contributed by atoms with van der Waals surface area (Å²) < 4.78 is 0. The highest BCUT2D eigenvalue weighted by molar-refractivity contribution is 6.11. The number of aromatic nitrogens is 1. The molecule has 0 bridgehead atoms. The molecule has 0 amide bonds. The summed E-state index contributed by atoms with van der Waals surface area (Å²) in [6.45, 7) is 4.02. The molecule has 0 N–H and O–H groups in total. The molecule has 2 heteroatoms. The zero-order chi connectivity index (χ0) is 14.1. The zero-order valence-electron chi connectivity index (χ0n) is 11.6. The Kier molecular flexibility index (Phi) is 3.07. The molecule has 1 heterocycles. The van der Waals surface area contributed by atoms with Gasteiger partial charge in [-0.05, 0) is 49.2 Å². The Bertz CT molecular complexity index is 805. The molecule has 0 radical (unpaired) electrons. The van der Waals surface area contributed by atoms with Crippen LogP contribution in [0.4, 0.5) is 0 Å². The molecule has 98 valence electrons. The van der Waals surface area contributed by atoms with E-state index in [0.29, 0.717) is 5.56 Å². The van der Waals surface area contributed by atoms with Crippen LogP contribution in [0.2, 0.25) is 0 Å². The van der Waals surface area contributed by atoms with Crippen molar-refractivity contribution in [3.63, 3.8) is 0 Å². The molecule has 0 saturated heterocycles. The quantitative estimate of drug-likeness (QED) is 0.650. The third-order valence-electron chi connectivity index (χ3n) is 3.71. The smallest absolute Gasteiger partial charge is 0.193 e. The molecule has 1 aromatic heterocycles. The van der Waals surface area contributed by atoms with Crippen molar-refractivity contribution >= 4 is 16.7 Å². The van der Waals surface area contributed by atoms with Crippen LogP contribution in [0.1, 0.15) is 27.0 Å². The lowest BCUT2D eigenvalue weighted by Crippen LogP contribution is -2.04. The molecule has 0 unspecified atom stereocenters. The Hall–Kier alpha value is -2.48. The summed E-state index contributed by atoms with van der Waals surface area (Å²) >= 11 is 0. The standard InChI is InChI=1S/C18H15NO/c1-12-5-3-7-16(13(12)2)18(20)15-8-9-17-14(11-15)6-4-10-19-17/h3-11H,1-2H3. The molecule has 0 aliphatic carbocycles. The normalized spacial score (nSPS) is 10.7. The molecule has 3 aromatic rings. The van der Waals surface area contributed by atoms with E-state index in [-0.39, 0.29) is 5.78 Å². The Labute approximate surface area is 118 Å². The number of rotatable bonds is 2. The van der Waals surface area contributed by atoms with Gasteiger partial charge in [0.1, 0.15) is 0 Å². The monoisotopic (exact) mass is 261 g/mol. The summed E-state index contributed by atoms with van der Waals surface area (Å²) in [4.78, 5) is 16.9. The van der Waals surface area contributed by atoms with E-state index in [1.807, 2.05) is 62.4 Å². The minimum Gasteiger partial charge on any atom is -0.289 e. The number of hydrogen-bond donors (Lipinski definition) is 0. The Balaban J connectivity index is 2.10. The molecule has 0 fully saturated rings. The Morgan fingerprint density at radius 2 is 1.85 bits per heavy atom. The van der Waals surface area contributed by atoms with Crippen LogP contribution in [0.25, 0.3) is 10.9 Å². The third kappa shape index (κ3) is 2.10. The lowest BCUT2D eigenvalue weighted by atomic mass is 9.95. The fourth-order valence-corrected chi connectivity index (χ4v) is 2.37. The predicted molar refractivity (Wildman–Crippen MR) is 81.1 cm³/mol. The topological polar surface area (TPSA) is 30.0 Å². The van der Waals surface area contributed by atoms with Crippen LogP contribution in [-0.2, 0) is 0 Å². The van der Waals surface area contributed by atoms with Gasteiger partial charge in [-0.1, -0.05) is 24.3 Å². The highest BCUT2D eigenvalue weighted by Gasteiger charge is 2.13. The fraction of sp³-hybridized carbons (Fsp3) is 0.111. The van der Waals surface area contributed by atoms with Crippen LogP contribution in [0.5, 0.6) is 0 Å². The van der Waals surface area contributed by atoms with Crippen molar-refractivity contribution in [3.8, 4) is 0 Å². The molecule has 0 aliphatic heterocycles. The summed E-state index contributed by atoms with van der Waals surface area (Å²) in [5.74, 6) is 0.0666. The second-order valence-corrected chi connectivity index (χ2v) is 4.99. The molecule has 2 nitrogen and oxygen atoms in total. The van der Waals surface area contributed by atoms with E-state index < -0.39 is 0 Å². The first-order valence-electron chi connectivity index (χ1n) is 6.62. The first kappa shape index (κ1) is 12.5. The fourth-order valence-electron chi connectivity index (χ4n) is 2.37. The number of benzene rings is 2. The Morgan fingerprint density at radius 3 is 2.70 bits per heavy atom. The minimum absolute atomic E-state index is 0.0666. The molecule has 3 rings (SSSR count). The maximum absolute atomic E-state index is 12.6. The first-order valence-corrected chi connectivity index (χ1v) is 6.62. The SMILES string of the molecule is Cc1cccc(C(=O)c2ccc3ncccc3c2)c1C. The van der Waals surface area contributed by atoms with Crippen molar-refractivity contribution in [1.29, 1.82) is 0 Å². The van der Waals surface area contributed by atoms with E-state index in [9.17, 15) is 4.79 Å². The van der Waals surface area contributed by atoms with Crippen LogP contribution in [0.15, 0.2) is 54.7 Å². The van der Waals surface area contributed by atoms with Crippen molar-refractivity contribution in [2.24, 2.45) is 0 Å². The number of carbonyl (C=O) groups excluding carboxylic acids is 1. The summed E-state index contributed by atoms with van der Waals surface area (Å²) in [6.07, 6.45) is 1.76. The van der Waals surface area contributed by atoms with Crippen molar-refractivity contribution in [2.75, 3.05) is 0 Å². The number of aryl methyl sites for hydroxylation is 1.